The van der Waals surface area contributed by atoms with E-state index in [4.69, 9.17) is 0 Å². The lowest BCUT2D eigenvalue weighted by Crippen LogP contribution is -2.41. The molecule has 1 N–H and O–H groups in total. The molecule has 2 heterocycles. The van der Waals surface area contributed by atoms with E-state index in [0.29, 0.717) is 12.6 Å². The second-order valence-electron chi connectivity index (χ2n) is 3.61. The summed E-state index contributed by atoms with van der Waals surface area (Å²) in [5.74, 6) is -0.0268. The van der Waals surface area contributed by atoms with Crippen LogP contribution in [-0.4, -0.2) is 30.6 Å². The summed E-state index contributed by atoms with van der Waals surface area (Å²) in [5.41, 5.74) is 0. The summed E-state index contributed by atoms with van der Waals surface area (Å²) in [5, 5.41) is 3.31. The molecule has 0 bridgehead atoms. The zero-order chi connectivity index (χ0) is 9.10. The Hall–Kier alpha value is -0.830. The summed E-state index contributed by atoms with van der Waals surface area (Å²) in [6, 6.07) is 0.525. The third-order valence-electron chi connectivity index (χ3n) is 2.67. The van der Waals surface area contributed by atoms with Crippen LogP contribution in [0.15, 0.2) is 24.2 Å². The van der Waals surface area contributed by atoms with Crippen molar-refractivity contribution in [3.63, 3.8) is 0 Å². The van der Waals surface area contributed by atoms with E-state index in [2.05, 4.69) is 10.2 Å². The molecule has 0 aliphatic carbocycles. The molecule has 2 nitrogen and oxygen atoms in total. The number of piperidine rings is 1. The molecule has 0 aromatic rings. The minimum absolute atomic E-state index is 0.0268. The monoisotopic (exact) mass is 182 g/mol. The fraction of sp³-hybridized carbons (Fsp3) is 0.600. The first kappa shape index (κ1) is 8.75. The molecule has 0 aromatic heterocycles. The van der Waals surface area contributed by atoms with E-state index >= 15 is 0 Å². The molecule has 72 valence electrons. The van der Waals surface area contributed by atoms with E-state index in [0.717, 1.165) is 25.9 Å². The number of rotatable bonds is 1. The van der Waals surface area contributed by atoms with Crippen molar-refractivity contribution in [1.82, 2.24) is 10.2 Å². The van der Waals surface area contributed by atoms with Gasteiger partial charge in [-0.15, -0.1) is 0 Å². The van der Waals surface area contributed by atoms with Crippen LogP contribution in [0.5, 0.6) is 0 Å². The Balaban J connectivity index is 1.93. The van der Waals surface area contributed by atoms with Crippen LogP contribution >= 0.6 is 0 Å². The van der Waals surface area contributed by atoms with Gasteiger partial charge in [-0.05, 0) is 44.3 Å². The van der Waals surface area contributed by atoms with Crippen LogP contribution in [0.2, 0.25) is 0 Å². The standard InChI is InChI=1S/C10H15FN2/c11-9-2-1-7-13(8-9)10-3-5-12-6-4-10/h1-2,7,10,12H,3-6,8H2. The zero-order valence-corrected chi connectivity index (χ0v) is 7.67. The summed E-state index contributed by atoms with van der Waals surface area (Å²) in [6.45, 7) is 2.57. The zero-order valence-electron chi connectivity index (χ0n) is 7.67. The fourth-order valence-corrected chi connectivity index (χ4v) is 1.93. The molecule has 2 aliphatic rings. The van der Waals surface area contributed by atoms with E-state index in [1.165, 1.54) is 6.08 Å². The normalized spacial score (nSPS) is 24.7. The molecule has 1 fully saturated rings. The minimum Gasteiger partial charge on any atom is -0.368 e. The van der Waals surface area contributed by atoms with E-state index in [9.17, 15) is 4.39 Å². The quantitative estimate of drug-likeness (QED) is 0.659. The second kappa shape index (κ2) is 3.92. The molecular weight excluding hydrogens is 167 g/mol. The first-order valence-corrected chi connectivity index (χ1v) is 4.85. The smallest absolute Gasteiger partial charge is 0.119 e. The predicted molar refractivity (Wildman–Crippen MR) is 50.9 cm³/mol. The lowest BCUT2D eigenvalue weighted by Gasteiger charge is -2.34. The van der Waals surface area contributed by atoms with Gasteiger partial charge in [-0.25, -0.2) is 4.39 Å². The topological polar surface area (TPSA) is 15.3 Å². The van der Waals surface area contributed by atoms with Gasteiger partial charge in [0.05, 0.1) is 6.54 Å². The Morgan fingerprint density at radius 1 is 1.38 bits per heavy atom. The van der Waals surface area contributed by atoms with Crippen LogP contribution in [-0.2, 0) is 0 Å². The second-order valence-corrected chi connectivity index (χ2v) is 3.61. The number of nitrogens with zero attached hydrogens (tertiary/aromatic N) is 1. The van der Waals surface area contributed by atoms with Crippen molar-refractivity contribution in [3.05, 3.63) is 24.2 Å². The molecule has 0 aromatic carbocycles. The van der Waals surface area contributed by atoms with Gasteiger partial charge in [0.1, 0.15) is 5.83 Å². The summed E-state index contributed by atoms with van der Waals surface area (Å²) in [6.07, 6.45) is 7.58. The van der Waals surface area contributed by atoms with Gasteiger partial charge in [0.2, 0.25) is 0 Å². The number of nitrogens with one attached hydrogen (secondary N) is 1. The van der Waals surface area contributed by atoms with Gasteiger partial charge in [0, 0.05) is 6.04 Å². The van der Waals surface area contributed by atoms with Crippen LogP contribution in [0.1, 0.15) is 12.8 Å². The summed E-state index contributed by atoms with van der Waals surface area (Å²) in [7, 11) is 0. The predicted octanol–water partition coefficient (Wildman–Crippen LogP) is 1.42. The maximum Gasteiger partial charge on any atom is 0.119 e. The summed E-state index contributed by atoms with van der Waals surface area (Å²) < 4.78 is 12.9. The maximum atomic E-state index is 12.9. The van der Waals surface area contributed by atoms with Crippen molar-refractivity contribution < 1.29 is 4.39 Å². The van der Waals surface area contributed by atoms with Crippen LogP contribution in [0.4, 0.5) is 4.39 Å². The molecule has 0 atom stereocenters. The fourth-order valence-electron chi connectivity index (χ4n) is 1.93. The molecule has 1 saturated heterocycles. The van der Waals surface area contributed by atoms with Crippen molar-refractivity contribution in [2.75, 3.05) is 19.6 Å². The highest BCUT2D eigenvalue weighted by Gasteiger charge is 2.20. The Bertz CT molecular complexity index is 229. The van der Waals surface area contributed by atoms with Gasteiger partial charge in [-0.3, -0.25) is 0 Å². The molecule has 0 saturated carbocycles. The van der Waals surface area contributed by atoms with Gasteiger partial charge < -0.3 is 10.2 Å². The minimum atomic E-state index is -0.0268. The third-order valence-corrected chi connectivity index (χ3v) is 2.67. The highest BCUT2D eigenvalue weighted by atomic mass is 19.1. The van der Waals surface area contributed by atoms with E-state index in [-0.39, 0.29) is 5.83 Å². The average molecular weight is 182 g/mol. The van der Waals surface area contributed by atoms with Crippen LogP contribution < -0.4 is 5.32 Å². The first-order valence-electron chi connectivity index (χ1n) is 4.85. The molecule has 0 spiro atoms. The van der Waals surface area contributed by atoms with Crippen LogP contribution in [0.25, 0.3) is 0 Å². The van der Waals surface area contributed by atoms with Crippen molar-refractivity contribution in [1.29, 1.82) is 0 Å². The van der Waals surface area contributed by atoms with Crippen molar-refractivity contribution in [3.8, 4) is 0 Å². The van der Waals surface area contributed by atoms with Crippen molar-refractivity contribution in [2.45, 2.75) is 18.9 Å². The Labute approximate surface area is 78.1 Å². The molecular formula is C10H15FN2. The van der Waals surface area contributed by atoms with Gasteiger partial charge in [-0.2, -0.15) is 0 Å². The Morgan fingerprint density at radius 2 is 2.15 bits per heavy atom. The van der Waals surface area contributed by atoms with Gasteiger partial charge in [0.15, 0.2) is 0 Å². The average Bonchev–Trinajstić information content (AvgIpc) is 2.19. The molecule has 2 aliphatic heterocycles. The van der Waals surface area contributed by atoms with Crippen LogP contribution in [0, 0.1) is 0 Å². The molecule has 3 heteroatoms. The van der Waals surface area contributed by atoms with E-state index in [1.807, 2.05) is 6.20 Å². The van der Waals surface area contributed by atoms with Gasteiger partial charge >= 0.3 is 0 Å². The van der Waals surface area contributed by atoms with E-state index < -0.39 is 0 Å². The lowest BCUT2D eigenvalue weighted by molar-refractivity contribution is 0.226. The third kappa shape index (κ3) is 2.10. The highest BCUT2D eigenvalue weighted by Crippen LogP contribution is 2.17. The molecule has 0 radical (unpaired) electrons. The number of allylic oxidation sites excluding steroid dienone is 2. The summed E-state index contributed by atoms with van der Waals surface area (Å²) >= 11 is 0. The molecule has 2 rings (SSSR count). The lowest BCUT2D eigenvalue weighted by atomic mass is 10.0. The Morgan fingerprint density at radius 3 is 2.85 bits per heavy atom. The SMILES string of the molecule is FC1=CC=CN(C2CCNCC2)C1. The highest BCUT2D eigenvalue weighted by molar-refractivity contribution is 5.14. The van der Waals surface area contributed by atoms with Crippen LogP contribution in [0.3, 0.4) is 0 Å². The largest absolute Gasteiger partial charge is 0.368 e. The summed E-state index contributed by atoms with van der Waals surface area (Å²) in [4.78, 5) is 2.11. The molecule has 13 heavy (non-hydrogen) atoms. The molecule has 0 amide bonds. The first-order chi connectivity index (χ1) is 6.36. The number of halogens is 1. The van der Waals surface area contributed by atoms with Gasteiger partial charge in [0.25, 0.3) is 0 Å². The number of hydrogen-bond donors (Lipinski definition) is 1. The van der Waals surface area contributed by atoms with Crippen molar-refractivity contribution >= 4 is 0 Å². The number of hydrogen-bond acceptors (Lipinski definition) is 2. The van der Waals surface area contributed by atoms with Gasteiger partial charge in [-0.1, -0.05) is 0 Å². The van der Waals surface area contributed by atoms with Crippen molar-refractivity contribution in [2.24, 2.45) is 0 Å². The maximum absolute atomic E-state index is 12.9. The Kier molecular flexibility index (Phi) is 2.64. The van der Waals surface area contributed by atoms with E-state index in [1.54, 1.807) is 6.08 Å². The molecule has 0 unspecified atom stereocenters.